The van der Waals surface area contributed by atoms with Crippen LogP contribution in [0.2, 0.25) is 0 Å². The minimum atomic E-state index is -1.00. The van der Waals surface area contributed by atoms with Crippen LogP contribution in [0.5, 0.6) is 0 Å². The van der Waals surface area contributed by atoms with Crippen molar-refractivity contribution >= 4 is 5.78 Å². The predicted octanol–water partition coefficient (Wildman–Crippen LogP) is 0.797. The van der Waals surface area contributed by atoms with Crippen LogP contribution in [0.4, 0.5) is 0 Å². The summed E-state index contributed by atoms with van der Waals surface area (Å²) in [6, 6.07) is 0. The molecule has 0 bridgehead atoms. The number of Topliss-reactive ketones (excluding diaryl/α,β-unsaturated/α-hetero) is 1. The van der Waals surface area contributed by atoms with Gasteiger partial charge >= 0.3 is 0 Å². The summed E-state index contributed by atoms with van der Waals surface area (Å²) in [7, 11) is 0. The Morgan fingerprint density at radius 2 is 2.17 bits per heavy atom. The first-order valence-corrected chi connectivity index (χ1v) is 3.88. The molecule has 0 radical (unpaired) electrons. The molecule has 1 atom stereocenters. The Balaban J connectivity index is 2.95. The molecule has 1 fully saturated rings. The van der Waals surface area contributed by atoms with Gasteiger partial charge in [-0.05, 0) is 19.9 Å². The number of carbonyl (C=O) groups is 1. The van der Waals surface area contributed by atoms with Gasteiger partial charge in [-0.2, -0.15) is 0 Å². The quantitative estimate of drug-likeness (QED) is 0.544. The zero-order valence-electron chi connectivity index (χ0n) is 7.20. The van der Waals surface area contributed by atoms with Crippen LogP contribution in [0.1, 0.15) is 13.8 Å². The van der Waals surface area contributed by atoms with E-state index < -0.39 is 6.10 Å². The van der Waals surface area contributed by atoms with E-state index in [1.165, 1.54) is 0 Å². The van der Waals surface area contributed by atoms with Crippen LogP contribution in [0, 0.1) is 0 Å². The highest BCUT2D eigenvalue weighted by molar-refractivity contribution is 6.02. The monoisotopic (exact) mass is 168 g/mol. The molecule has 0 aromatic carbocycles. The van der Waals surface area contributed by atoms with Crippen LogP contribution >= 0.6 is 0 Å². The van der Waals surface area contributed by atoms with Gasteiger partial charge < -0.3 is 9.84 Å². The van der Waals surface area contributed by atoms with Gasteiger partial charge in [0.25, 0.3) is 0 Å². The molecule has 1 saturated heterocycles. The number of aliphatic hydroxyl groups is 1. The topological polar surface area (TPSA) is 46.5 Å². The zero-order valence-corrected chi connectivity index (χ0v) is 7.20. The van der Waals surface area contributed by atoms with Crippen molar-refractivity contribution in [1.29, 1.82) is 0 Å². The number of rotatable bonds is 0. The van der Waals surface area contributed by atoms with Gasteiger partial charge in [-0.25, -0.2) is 0 Å². The lowest BCUT2D eigenvalue weighted by atomic mass is 10.0. The van der Waals surface area contributed by atoms with Gasteiger partial charge in [0.1, 0.15) is 12.4 Å². The smallest absolute Gasteiger partial charge is 0.198 e. The standard InChI is InChI=1S/C9H12O3/c1-3-6-8(4-2)12-5-7(10)9(6)11/h3-4,7,10H,5H2,1-2H3/b6-3+,8-4+/t7-/m1/s1. The summed E-state index contributed by atoms with van der Waals surface area (Å²) < 4.78 is 5.14. The second-order valence-corrected chi connectivity index (χ2v) is 2.55. The first kappa shape index (κ1) is 9.00. The second-order valence-electron chi connectivity index (χ2n) is 2.55. The van der Waals surface area contributed by atoms with Gasteiger partial charge in [0.05, 0.1) is 5.57 Å². The molecular formula is C9H12O3. The summed E-state index contributed by atoms with van der Waals surface area (Å²) in [6.07, 6.45) is 2.37. The minimum Gasteiger partial charge on any atom is -0.490 e. The van der Waals surface area contributed by atoms with Crippen LogP contribution in [-0.2, 0) is 9.53 Å². The van der Waals surface area contributed by atoms with Crippen LogP contribution in [0.3, 0.4) is 0 Å². The molecule has 1 aliphatic heterocycles. The number of carbonyl (C=O) groups excluding carboxylic acids is 1. The molecule has 1 rings (SSSR count). The fourth-order valence-corrected chi connectivity index (χ4v) is 1.15. The van der Waals surface area contributed by atoms with E-state index in [0.717, 1.165) is 0 Å². The zero-order chi connectivity index (χ0) is 9.14. The average molecular weight is 168 g/mol. The van der Waals surface area contributed by atoms with Crippen molar-refractivity contribution in [3.8, 4) is 0 Å². The van der Waals surface area contributed by atoms with Gasteiger partial charge in [0, 0.05) is 0 Å². The first-order chi connectivity index (χ1) is 5.70. The summed E-state index contributed by atoms with van der Waals surface area (Å²) in [5.74, 6) is 0.310. The minimum absolute atomic E-state index is 0.0653. The van der Waals surface area contributed by atoms with E-state index in [4.69, 9.17) is 9.84 Å². The van der Waals surface area contributed by atoms with Crippen molar-refractivity contribution in [2.75, 3.05) is 6.61 Å². The normalized spacial score (nSPS) is 30.9. The number of aliphatic hydroxyl groups excluding tert-OH is 1. The van der Waals surface area contributed by atoms with Gasteiger partial charge in [0.2, 0.25) is 0 Å². The number of hydrogen-bond acceptors (Lipinski definition) is 3. The summed E-state index contributed by atoms with van der Waals surface area (Å²) in [6.45, 7) is 3.61. The highest BCUT2D eigenvalue weighted by Gasteiger charge is 2.28. The molecule has 3 nitrogen and oxygen atoms in total. The van der Waals surface area contributed by atoms with Gasteiger partial charge in [-0.3, -0.25) is 4.79 Å². The van der Waals surface area contributed by atoms with Gasteiger partial charge in [0.15, 0.2) is 11.9 Å². The molecule has 0 unspecified atom stereocenters. The Morgan fingerprint density at radius 1 is 1.50 bits per heavy atom. The molecule has 0 aliphatic carbocycles. The van der Waals surface area contributed by atoms with Gasteiger partial charge in [-0.1, -0.05) is 6.08 Å². The molecule has 1 aliphatic rings. The Hall–Kier alpha value is -1.09. The van der Waals surface area contributed by atoms with E-state index in [0.29, 0.717) is 11.3 Å². The summed E-state index contributed by atoms with van der Waals surface area (Å²) in [5.41, 5.74) is 0.469. The number of hydrogen-bond donors (Lipinski definition) is 1. The summed E-state index contributed by atoms with van der Waals surface area (Å²) in [4.78, 5) is 11.3. The molecule has 3 heteroatoms. The molecule has 1 heterocycles. The molecule has 66 valence electrons. The van der Waals surface area contributed by atoms with Crippen molar-refractivity contribution < 1.29 is 14.6 Å². The number of allylic oxidation sites excluding steroid dienone is 3. The number of ether oxygens (including phenoxy) is 1. The van der Waals surface area contributed by atoms with Crippen molar-refractivity contribution in [3.63, 3.8) is 0 Å². The Labute approximate surface area is 71.3 Å². The maximum absolute atomic E-state index is 11.3. The van der Waals surface area contributed by atoms with Crippen LogP contribution < -0.4 is 0 Å². The average Bonchev–Trinajstić information content (AvgIpc) is 2.09. The molecule has 0 saturated carbocycles. The lowest BCUT2D eigenvalue weighted by Gasteiger charge is -2.22. The third-order valence-corrected chi connectivity index (χ3v) is 1.78. The molecule has 0 aromatic rings. The lowest BCUT2D eigenvalue weighted by molar-refractivity contribution is -0.128. The Morgan fingerprint density at radius 3 is 2.67 bits per heavy atom. The molecule has 1 N–H and O–H groups in total. The predicted molar refractivity (Wildman–Crippen MR) is 44.5 cm³/mol. The maximum Gasteiger partial charge on any atom is 0.198 e. The van der Waals surface area contributed by atoms with Crippen LogP contribution in [-0.4, -0.2) is 23.6 Å². The van der Waals surface area contributed by atoms with Gasteiger partial charge in [-0.15, -0.1) is 0 Å². The van der Waals surface area contributed by atoms with E-state index in [1.807, 2.05) is 0 Å². The maximum atomic E-state index is 11.3. The van der Waals surface area contributed by atoms with Crippen molar-refractivity contribution in [1.82, 2.24) is 0 Å². The van der Waals surface area contributed by atoms with Crippen molar-refractivity contribution in [2.45, 2.75) is 20.0 Å². The molecule has 0 spiro atoms. The molecular weight excluding hydrogens is 156 g/mol. The summed E-state index contributed by atoms with van der Waals surface area (Å²) in [5, 5.41) is 9.15. The second kappa shape index (κ2) is 3.54. The molecule has 12 heavy (non-hydrogen) atoms. The summed E-state index contributed by atoms with van der Waals surface area (Å²) >= 11 is 0. The Kier molecular flexibility index (Phi) is 2.65. The van der Waals surface area contributed by atoms with E-state index in [2.05, 4.69) is 0 Å². The van der Waals surface area contributed by atoms with Crippen LogP contribution in [0.15, 0.2) is 23.5 Å². The van der Waals surface area contributed by atoms with E-state index in [-0.39, 0.29) is 12.4 Å². The SMILES string of the molecule is C/C=C1/OC[C@@H](O)C(=O)/C1=C/C. The van der Waals surface area contributed by atoms with E-state index in [1.54, 1.807) is 26.0 Å². The Bertz CT molecular complexity index is 250. The fraction of sp³-hybridized carbons (Fsp3) is 0.444. The van der Waals surface area contributed by atoms with Crippen molar-refractivity contribution in [2.24, 2.45) is 0 Å². The lowest BCUT2D eigenvalue weighted by Crippen LogP contribution is -2.33. The molecule has 0 amide bonds. The largest absolute Gasteiger partial charge is 0.490 e. The fourth-order valence-electron chi connectivity index (χ4n) is 1.15. The number of ketones is 1. The van der Waals surface area contributed by atoms with Crippen LogP contribution in [0.25, 0.3) is 0 Å². The third kappa shape index (κ3) is 1.41. The van der Waals surface area contributed by atoms with E-state index >= 15 is 0 Å². The van der Waals surface area contributed by atoms with Crippen molar-refractivity contribution in [3.05, 3.63) is 23.5 Å². The first-order valence-electron chi connectivity index (χ1n) is 3.88. The molecule has 0 aromatic heterocycles. The highest BCUT2D eigenvalue weighted by atomic mass is 16.5. The third-order valence-electron chi connectivity index (χ3n) is 1.78. The van der Waals surface area contributed by atoms with E-state index in [9.17, 15) is 4.79 Å². The highest BCUT2D eigenvalue weighted by Crippen LogP contribution is 2.20.